The number of nitrogens with one attached hydrogen (secondary N) is 2. The van der Waals surface area contributed by atoms with Crippen molar-refractivity contribution in [3.63, 3.8) is 0 Å². The molecule has 2 atom stereocenters. The van der Waals surface area contributed by atoms with Crippen LogP contribution in [0.4, 0.5) is 5.69 Å². The molecular weight excluding hydrogens is 390 g/mol. The van der Waals surface area contributed by atoms with Gasteiger partial charge in [-0.05, 0) is 49.4 Å². The molecule has 3 aliphatic heterocycles. The van der Waals surface area contributed by atoms with Gasteiger partial charge in [-0.15, -0.1) is 0 Å². The molecule has 1 spiro atoms. The van der Waals surface area contributed by atoms with E-state index in [0.717, 1.165) is 17.0 Å². The van der Waals surface area contributed by atoms with E-state index in [4.69, 9.17) is 20.8 Å². The minimum atomic E-state index is -1.39. The first-order valence-corrected chi connectivity index (χ1v) is 9.68. The largest absolute Gasteiger partial charge is 0.460 e. The van der Waals surface area contributed by atoms with Gasteiger partial charge in [0.1, 0.15) is 11.5 Å². The van der Waals surface area contributed by atoms with Crippen LogP contribution in [0.3, 0.4) is 0 Å². The number of hydrogen-bond donors (Lipinski definition) is 2. The highest BCUT2D eigenvalue weighted by Gasteiger charge is 2.60. The van der Waals surface area contributed by atoms with Crippen molar-refractivity contribution in [2.24, 2.45) is 0 Å². The number of carbonyl (C=O) groups is 1. The summed E-state index contributed by atoms with van der Waals surface area (Å²) in [4.78, 5) is 13.3. The van der Waals surface area contributed by atoms with Gasteiger partial charge in [0, 0.05) is 16.1 Å². The number of hydrogen-bond acceptors (Lipinski definition) is 5. The summed E-state index contributed by atoms with van der Waals surface area (Å²) in [5.74, 6) is 1.91. The number of fused-ring (bicyclic) bond motifs is 6. The van der Waals surface area contributed by atoms with Gasteiger partial charge >= 0.3 is 0 Å². The van der Waals surface area contributed by atoms with E-state index in [2.05, 4.69) is 16.8 Å². The van der Waals surface area contributed by atoms with Gasteiger partial charge in [0.2, 0.25) is 0 Å². The Kier molecular flexibility index (Phi) is 3.26. The van der Waals surface area contributed by atoms with Crippen LogP contribution in [0.2, 0.25) is 5.02 Å². The summed E-state index contributed by atoms with van der Waals surface area (Å²) in [5.41, 5.74) is 5.07. The van der Waals surface area contributed by atoms with Crippen LogP contribution in [0.25, 0.3) is 5.70 Å². The molecule has 0 bridgehead atoms. The second-order valence-corrected chi connectivity index (χ2v) is 7.78. The van der Waals surface area contributed by atoms with Gasteiger partial charge in [0.05, 0.1) is 17.4 Å². The van der Waals surface area contributed by atoms with Gasteiger partial charge in [0.25, 0.3) is 11.6 Å². The number of halogens is 1. The van der Waals surface area contributed by atoms with Crippen molar-refractivity contribution in [1.82, 2.24) is 10.4 Å². The SMILES string of the molecule is Cc1ccc(C2=CC3c4ccccc4OC4(C(=O)Nc5ccc(Cl)cc54)N3N2)o1. The molecule has 6 rings (SSSR count). The van der Waals surface area contributed by atoms with Gasteiger partial charge in [-0.1, -0.05) is 29.8 Å². The van der Waals surface area contributed by atoms with Crippen molar-refractivity contribution in [3.8, 4) is 5.75 Å². The highest BCUT2D eigenvalue weighted by molar-refractivity contribution is 6.31. The predicted molar refractivity (Wildman–Crippen MR) is 108 cm³/mol. The van der Waals surface area contributed by atoms with Crippen LogP contribution in [0.15, 0.2) is 65.1 Å². The topological polar surface area (TPSA) is 66.7 Å². The highest BCUT2D eigenvalue weighted by Crippen LogP contribution is 2.53. The van der Waals surface area contributed by atoms with E-state index in [1.807, 2.05) is 48.3 Å². The lowest BCUT2D eigenvalue weighted by Gasteiger charge is -2.44. The first-order chi connectivity index (χ1) is 14.1. The third-order valence-electron chi connectivity index (χ3n) is 5.59. The lowest BCUT2D eigenvalue weighted by Crippen LogP contribution is -2.60. The van der Waals surface area contributed by atoms with Crippen LogP contribution in [0, 0.1) is 6.92 Å². The number of nitrogens with zero attached hydrogens (tertiary/aromatic N) is 1. The molecule has 0 saturated carbocycles. The number of para-hydroxylation sites is 1. The average Bonchev–Trinajstić information content (AvgIpc) is 3.40. The number of ether oxygens (including phenoxy) is 1. The second-order valence-electron chi connectivity index (χ2n) is 7.35. The molecule has 2 unspecified atom stereocenters. The number of aryl methyl sites for hydroxylation is 1. The Morgan fingerprint density at radius 2 is 2.00 bits per heavy atom. The molecule has 3 aliphatic rings. The molecule has 4 heterocycles. The molecule has 144 valence electrons. The van der Waals surface area contributed by atoms with Crippen LogP contribution >= 0.6 is 11.6 Å². The Balaban J connectivity index is 1.57. The third-order valence-corrected chi connectivity index (χ3v) is 5.82. The van der Waals surface area contributed by atoms with Crippen molar-refractivity contribution < 1.29 is 13.9 Å². The number of carbonyl (C=O) groups excluding carboxylic acids is 1. The van der Waals surface area contributed by atoms with Crippen LogP contribution in [-0.4, -0.2) is 10.9 Å². The maximum absolute atomic E-state index is 13.3. The summed E-state index contributed by atoms with van der Waals surface area (Å²) in [5, 5.41) is 5.30. The van der Waals surface area contributed by atoms with Gasteiger partial charge in [-0.3, -0.25) is 4.79 Å². The zero-order valence-electron chi connectivity index (χ0n) is 15.4. The molecule has 2 N–H and O–H groups in total. The molecule has 3 aromatic rings. The van der Waals surface area contributed by atoms with E-state index in [1.54, 1.807) is 18.2 Å². The molecule has 0 fully saturated rings. The van der Waals surface area contributed by atoms with Crippen molar-refractivity contribution in [2.75, 3.05) is 5.32 Å². The van der Waals surface area contributed by atoms with E-state index in [-0.39, 0.29) is 11.9 Å². The summed E-state index contributed by atoms with van der Waals surface area (Å²) in [7, 11) is 0. The smallest absolute Gasteiger partial charge is 0.291 e. The summed E-state index contributed by atoms with van der Waals surface area (Å²) in [6.07, 6.45) is 2.05. The number of furan rings is 1. The molecule has 6 nitrogen and oxygen atoms in total. The van der Waals surface area contributed by atoms with E-state index >= 15 is 0 Å². The number of amides is 1. The molecule has 7 heteroatoms. The van der Waals surface area contributed by atoms with Crippen LogP contribution < -0.4 is 15.5 Å². The lowest BCUT2D eigenvalue weighted by atomic mass is 9.95. The minimum absolute atomic E-state index is 0.226. The number of hydrazine groups is 1. The first kappa shape index (κ1) is 16.7. The van der Waals surface area contributed by atoms with Crippen molar-refractivity contribution in [1.29, 1.82) is 0 Å². The number of anilines is 1. The molecule has 29 heavy (non-hydrogen) atoms. The van der Waals surface area contributed by atoms with Gasteiger partial charge in [-0.25, -0.2) is 0 Å². The summed E-state index contributed by atoms with van der Waals surface area (Å²) >= 11 is 6.28. The summed E-state index contributed by atoms with van der Waals surface area (Å²) in [6, 6.07) is 16.7. The predicted octanol–water partition coefficient (Wildman–Crippen LogP) is 4.34. The fourth-order valence-corrected chi connectivity index (χ4v) is 4.46. The Morgan fingerprint density at radius 3 is 2.83 bits per heavy atom. The summed E-state index contributed by atoms with van der Waals surface area (Å²) in [6.45, 7) is 1.90. The molecule has 1 aromatic heterocycles. The van der Waals surface area contributed by atoms with Crippen molar-refractivity contribution in [2.45, 2.75) is 18.7 Å². The zero-order chi connectivity index (χ0) is 19.8. The Morgan fingerprint density at radius 1 is 1.14 bits per heavy atom. The molecule has 1 amide bonds. The summed E-state index contributed by atoms with van der Waals surface area (Å²) < 4.78 is 12.2. The Hall–Kier alpha value is -3.22. The van der Waals surface area contributed by atoms with E-state index < -0.39 is 5.72 Å². The Bertz CT molecular complexity index is 1220. The number of benzene rings is 2. The van der Waals surface area contributed by atoms with E-state index in [9.17, 15) is 4.79 Å². The third kappa shape index (κ3) is 2.18. The van der Waals surface area contributed by atoms with Crippen LogP contribution in [0.1, 0.15) is 28.7 Å². The van der Waals surface area contributed by atoms with Gasteiger partial charge in [-0.2, -0.15) is 5.01 Å². The fraction of sp³-hybridized carbons (Fsp3) is 0.136. The quantitative estimate of drug-likeness (QED) is 0.630. The van der Waals surface area contributed by atoms with Gasteiger partial charge in [0.15, 0.2) is 5.76 Å². The fourth-order valence-electron chi connectivity index (χ4n) is 4.29. The zero-order valence-corrected chi connectivity index (χ0v) is 16.2. The molecular formula is C22H16ClN3O3. The average molecular weight is 406 g/mol. The monoisotopic (exact) mass is 405 g/mol. The van der Waals surface area contributed by atoms with E-state index in [0.29, 0.717) is 27.8 Å². The van der Waals surface area contributed by atoms with Crippen LogP contribution in [-0.2, 0) is 10.5 Å². The van der Waals surface area contributed by atoms with Crippen LogP contribution in [0.5, 0.6) is 5.75 Å². The minimum Gasteiger partial charge on any atom is -0.460 e. The lowest BCUT2D eigenvalue weighted by molar-refractivity contribution is -0.165. The Labute approximate surface area is 171 Å². The van der Waals surface area contributed by atoms with Gasteiger partial charge < -0.3 is 19.9 Å². The molecule has 0 saturated heterocycles. The molecule has 2 aromatic carbocycles. The molecule has 0 radical (unpaired) electrons. The number of rotatable bonds is 1. The van der Waals surface area contributed by atoms with Crippen molar-refractivity contribution in [3.05, 3.63) is 88.3 Å². The maximum atomic E-state index is 13.3. The molecule has 0 aliphatic carbocycles. The normalized spacial score (nSPS) is 24.3. The standard InChI is InChI=1S/C22H16ClN3O3/c1-12-6-9-20(28-12)17-11-18-14-4-2-3-5-19(14)29-22(26(18)25-17)15-10-13(23)7-8-16(15)24-21(22)27/h2-11,18,25H,1H3,(H,24,27). The second kappa shape index (κ2) is 5.65. The highest BCUT2D eigenvalue weighted by atomic mass is 35.5. The van der Waals surface area contributed by atoms with Crippen molar-refractivity contribution >= 4 is 28.9 Å². The maximum Gasteiger partial charge on any atom is 0.291 e. The first-order valence-electron chi connectivity index (χ1n) is 9.30. The van der Waals surface area contributed by atoms with E-state index in [1.165, 1.54) is 0 Å².